The lowest BCUT2D eigenvalue weighted by molar-refractivity contribution is -0.111. The maximum atomic E-state index is 13.5. The zero-order valence-corrected chi connectivity index (χ0v) is 16.4. The summed E-state index contributed by atoms with van der Waals surface area (Å²) in [6.07, 6.45) is 1.13. The molecule has 154 valence electrons. The molecule has 2 heterocycles. The SMILES string of the molecule is CNC(=O)c1cc(COC(=O)N2CC3(CC(Oc4ccc(Cl)c(F)c4)C3)C2)on1. The van der Waals surface area contributed by atoms with Gasteiger partial charge in [0.05, 0.1) is 5.02 Å². The van der Waals surface area contributed by atoms with Crippen molar-refractivity contribution in [1.29, 1.82) is 0 Å². The number of likely N-dealkylation sites (tertiary alicyclic amines) is 1. The smallest absolute Gasteiger partial charge is 0.410 e. The van der Waals surface area contributed by atoms with E-state index >= 15 is 0 Å². The first kappa shape index (κ1) is 19.5. The fourth-order valence-electron chi connectivity index (χ4n) is 3.72. The van der Waals surface area contributed by atoms with Crippen LogP contribution in [0.15, 0.2) is 28.8 Å². The lowest BCUT2D eigenvalue weighted by Crippen LogP contribution is -2.65. The number of nitrogens with zero attached hydrogens (tertiary/aromatic N) is 2. The Labute approximate surface area is 170 Å². The van der Waals surface area contributed by atoms with Gasteiger partial charge in [-0.05, 0) is 25.0 Å². The largest absolute Gasteiger partial charge is 0.490 e. The number of carbonyl (C=O) groups excluding carboxylic acids is 2. The summed E-state index contributed by atoms with van der Waals surface area (Å²) < 4.78 is 29.4. The number of nitrogens with one attached hydrogen (secondary N) is 1. The van der Waals surface area contributed by atoms with Gasteiger partial charge in [0.1, 0.15) is 17.7 Å². The van der Waals surface area contributed by atoms with Crippen LogP contribution >= 0.6 is 11.6 Å². The van der Waals surface area contributed by atoms with E-state index in [0.717, 1.165) is 12.8 Å². The van der Waals surface area contributed by atoms with E-state index in [0.29, 0.717) is 24.6 Å². The molecule has 0 bridgehead atoms. The predicted molar refractivity (Wildman–Crippen MR) is 99.1 cm³/mol. The minimum atomic E-state index is -0.509. The van der Waals surface area contributed by atoms with Gasteiger partial charge in [0.2, 0.25) is 0 Å². The lowest BCUT2D eigenvalue weighted by Gasteiger charge is -2.57. The number of benzene rings is 1. The van der Waals surface area contributed by atoms with Crippen molar-refractivity contribution in [1.82, 2.24) is 15.4 Å². The second-order valence-corrected chi connectivity index (χ2v) is 7.80. The molecule has 4 rings (SSSR count). The maximum absolute atomic E-state index is 13.5. The third-order valence-electron chi connectivity index (χ3n) is 5.18. The Kier molecular flexibility index (Phi) is 5.08. The molecule has 1 saturated heterocycles. The molecule has 1 aliphatic heterocycles. The van der Waals surface area contributed by atoms with Crippen LogP contribution in [0.4, 0.5) is 9.18 Å². The standard InChI is InChI=1S/C19H19ClFN3O5/c1-22-17(25)16-5-12(29-23-16)8-27-18(26)24-9-19(10-24)6-13(7-19)28-11-2-3-14(20)15(21)4-11/h2-5,13H,6-10H2,1H3,(H,22,25). The number of aromatic nitrogens is 1. The van der Waals surface area contributed by atoms with E-state index < -0.39 is 11.9 Å². The van der Waals surface area contributed by atoms with E-state index in [4.69, 9.17) is 25.6 Å². The molecule has 2 fully saturated rings. The molecule has 2 aromatic rings. The number of ether oxygens (including phenoxy) is 2. The van der Waals surface area contributed by atoms with E-state index in [1.165, 1.54) is 25.2 Å². The number of hydrogen-bond donors (Lipinski definition) is 1. The van der Waals surface area contributed by atoms with Crippen LogP contribution < -0.4 is 10.1 Å². The van der Waals surface area contributed by atoms with Gasteiger partial charge < -0.3 is 24.2 Å². The van der Waals surface area contributed by atoms with Gasteiger partial charge in [-0.1, -0.05) is 16.8 Å². The number of carbonyl (C=O) groups is 2. The summed E-state index contributed by atoms with van der Waals surface area (Å²) in [6.45, 7) is 1.07. The predicted octanol–water partition coefficient (Wildman–Crippen LogP) is 3.01. The van der Waals surface area contributed by atoms with Crippen LogP contribution in [-0.2, 0) is 11.3 Å². The average Bonchev–Trinajstić information content (AvgIpc) is 3.12. The van der Waals surface area contributed by atoms with Crippen LogP contribution in [-0.4, -0.2) is 48.3 Å². The summed E-state index contributed by atoms with van der Waals surface area (Å²) in [6, 6.07) is 5.81. The first-order chi connectivity index (χ1) is 13.9. The van der Waals surface area contributed by atoms with E-state index in [9.17, 15) is 14.0 Å². The van der Waals surface area contributed by atoms with Gasteiger partial charge in [0.25, 0.3) is 5.91 Å². The normalized spacial score (nSPS) is 17.4. The molecule has 0 unspecified atom stereocenters. The van der Waals surface area contributed by atoms with Crippen LogP contribution in [0, 0.1) is 11.2 Å². The summed E-state index contributed by atoms with van der Waals surface area (Å²) in [5.41, 5.74) is 0.162. The van der Waals surface area contributed by atoms with Gasteiger partial charge in [0, 0.05) is 37.7 Å². The van der Waals surface area contributed by atoms with Gasteiger partial charge in [-0.3, -0.25) is 4.79 Å². The fourth-order valence-corrected chi connectivity index (χ4v) is 3.84. The molecule has 2 aliphatic rings. The molecule has 1 spiro atoms. The summed E-state index contributed by atoms with van der Waals surface area (Å²) in [5, 5.41) is 6.10. The van der Waals surface area contributed by atoms with E-state index in [1.807, 2.05) is 0 Å². The Balaban J connectivity index is 1.19. The van der Waals surface area contributed by atoms with Crippen LogP contribution in [0.25, 0.3) is 0 Å². The zero-order valence-electron chi connectivity index (χ0n) is 15.6. The first-order valence-corrected chi connectivity index (χ1v) is 9.46. The zero-order chi connectivity index (χ0) is 20.6. The minimum Gasteiger partial charge on any atom is -0.490 e. The molecule has 1 aromatic carbocycles. The number of rotatable bonds is 5. The Morgan fingerprint density at radius 1 is 1.38 bits per heavy atom. The molecule has 1 aromatic heterocycles. The summed E-state index contributed by atoms with van der Waals surface area (Å²) >= 11 is 5.67. The van der Waals surface area contributed by atoms with Crippen LogP contribution in [0.3, 0.4) is 0 Å². The Hall–Kier alpha value is -2.81. The Morgan fingerprint density at radius 3 is 2.83 bits per heavy atom. The quantitative estimate of drug-likeness (QED) is 0.794. The fraction of sp³-hybridized carbons (Fsp3) is 0.421. The monoisotopic (exact) mass is 423 g/mol. The van der Waals surface area contributed by atoms with Gasteiger partial charge in [-0.25, -0.2) is 9.18 Å². The highest BCUT2D eigenvalue weighted by molar-refractivity contribution is 6.30. The molecular weight excluding hydrogens is 405 g/mol. The topological polar surface area (TPSA) is 93.9 Å². The molecule has 8 nitrogen and oxygen atoms in total. The molecule has 2 amide bonds. The average molecular weight is 424 g/mol. The Morgan fingerprint density at radius 2 is 2.14 bits per heavy atom. The minimum absolute atomic E-state index is 0.00827. The van der Waals surface area contributed by atoms with Crippen molar-refractivity contribution in [2.24, 2.45) is 5.41 Å². The van der Waals surface area contributed by atoms with Crippen molar-refractivity contribution in [3.63, 3.8) is 0 Å². The highest BCUT2D eigenvalue weighted by Crippen LogP contribution is 2.49. The van der Waals surface area contributed by atoms with E-state index in [1.54, 1.807) is 11.0 Å². The van der Waals surface area contributed by atoms with Gasteiger partial charge in [-0.2, -0.15) is 0 Å². The molecule has 10 heteroatoms. The highest BCUT2D eigenvalue weighted by atomic mass is 35.5. The van der Waals surface area contributed by atoms with Crippen molar-refractivity contribution >= 4 is 23.6 Å². The van der Waals surface area contributed by atoms with Crippen molar-refractivity contribution in [2.45, 2.75) is 25.6 Å². The molecule has 29 heavy (non-hydrogen) atoms. The number of amides is 2. The van der Waals surface area contributed by atoms with Gasteiger partial charge in [-0.15, -0.1) is 0 Å². The van der Waals surface area contributed by atoms with Crippen molar-refractivity contribution < 1.29 is 28.0 Å². The third kappa shape index (κ3) is 4.00. The first-order valence-electron chi connectivity index (χ1n) is 9.08. The van der Waals surface area contributed by atoms with Crippen molar-refractivity contribution in [2.75, 3.05) is 20.1 Å². The second-order valence-electron chi connectivity index (χ2n) is 7.39. The summed E-state index contributed by atoms with van der Waals surface area (Å²) in [5.74, 6) is -0.144. The molecule has 1 N–H and O–H groups in total. The van der Waals surface area contributed by atoms with Crippen LogP contribution in [0.1, 0.15) is 29.1 Å². The lowest BCUT2D eigenvalue weighted by atomic mass is 9.62. The maximum Gasteiger partial charge on any atom is 0.410 e. The molecule has 1 aliphatic carbocycles. The number of hydrogen-bond acceptors (Lipinski definition) is 6. The second kappa shape index (κ2) is 7.55. The van der Waals surface area contributed by atoms with Crippen LogP contribution in [0.2, 0.25) is 5.02 Å². The molecular formula is C19H19ClFN3O5. The van der Waals surface area contributed by atoms with Crippen molar-refractivity contribution in [3.05, 3.63) is 46.6 Å². The third-order valence-corrected chi connectivity index (χ3v) is 5.49. The van der Waals surface area contributed by atoms with Crippen molar-refractivity contribution in [3.8, 4) is 5.75 Å². The Bertz CT molecular complexity index is 936. The molecule has 0 atom stereocenters. The highest BCUT2D eigenvalue weighted by Gasteiger charge is 2.55. The summed E-state index contributed by atoms with van der Waals surface area (Å²) in [4.78, 5) is 25.2. The number of halogens is 2. The molecule has 0 radical (unpaired) electrons. The van der Waals surface area contributed by atoms with E-state index in [2.05, 4.69) is 10.5 Å². The van der Waals surface area contributed by atoms with Crippen LogP contribution in [0.5, 0.6) is 5.75 Å². The van der Waals surface area contributed by atoms with Gasteiger partial charge >= 0.3 is 6.09 Å². The van der Waals surface area contributed by atoms with Gasteiger partial charge in [0.15, 0.2) is 18.1 Å². The van der Waals surface area contributed by atoms with E-state index in [-0.39, 0.29) is 34.7 Å². The summed E-state index contributed by atoms with van der Waals surface area (Å²) in [7, 11) is 1.49. The molecule has 1 saturated carbocycles.